The molecule has 0 unspecified atom stereocenters. The SMILES string of the molecule is CSc1cc(C(C)C)c(Br)cc1C(C)C. The summed E-state index contributed by atoms with van der Waals surface area (Å²) in [5.74, 6) is 1.16. The molecule has 0 heterocycles. The van der Waals surface area contributed by atoms with E-state index in [1.807, 2.05) is 11.8 Å². The highest BCUT2D eigenvalue weighted by Crippen LogP contribution is 2.35. The van der Waals surface area contributed by atoms with Crippen molar-refractivity contribution in [3.8, 4) is 0 Å². The molecule has 0 N–H and O–H groups in total. The van der Waals surface area contributed by atoms with E-state index in [1.165, 1.54) is 20.5 Å². The Labute approximate surface area is 106 Å². The second-order valence-electron chi connectivity index (χ2n) is 4.43. The Balaban J connectivity index is 3.29. The normalized spacial score (nSPS) is 11.5. The minimum absolute atomic E-state index is 0.575. The van der Waals surface area contributed by atoms with Gasteiger partial charge in [0.15, 0.2) is 0 Å². The first-order chi connectivity index (χ1) is 6.97. The summed E-state index contributed by atoms with van der Waals surface area (Å²) in [7, 11) is 0. The summed E-state index contributed by atoms with van der Waals surface area (Å²) in [5, 5.41) is 0. The van der Waals surface area contributed by atoms with Gasteiger partial charge in [0.2, 0.25) is 0 Å². The number of halogens is 1. The standard InChI is InChI=1S/C13H19BrS/c1-8(2)10-7-13(15-5)11(9(3)4)6-12(10)14/h6-9H,1-5H3. The summed E-state index contributed by atoms with van der Waals surface area (Å²) in [5.41, 5.74) is 2.85. The molecule has 0 aliphatic heterocycles. The minimum Gasteiger partial charge on any atom is -0.129 e. The van der Waals surface area contributed by atoms with Crippen molar-refractivity contribution in [3.63, 3.8) is 0 Å². The molecule has 2 heteroatoms. The lowest BCUT2D eigenvalue weighted by molar-refractivity contribution is 0.817. The molecular formula is C13H19BrS. The fourth-order valence-corrected chi connectivity index (χ4v) is 3.25. The lowest BCUT2D eigenvalue weighted by atomic mass is 9.97. The summed E-state index contributed by atoms with van der Waals surface area (Å²) in [6.07, 6.45) is 2.15. The van der Waals surface area contributed by atoms with Crippen LogP contribution in [-0.4, -0.2) is 6.26 Å². The second-order valence-corrected chi connectivity index (χ2v) is 6.13. The van der Waals surface area contributed by atoms with Gasteiger partial charge in [0, 0.05) is 9.37 Å². The lowest BCUT2D eigenvalue weighted by Crippen LogP contribution is -1.96. The predicted molar refractivity (Wildman–Crippen MR) is 74.1 cm³/mol. The number of thioether (sulfide) groups is 1. The third-order valence-electron chi connectivity index (χ3n) is 2.59. The van der Waals surface area contributed by atoms with E-state index in [2.05, 4.69) is 62.0 Å². The zero-order valence-electron chi connectivity index (χ0n) is 10.1. The Morgan fingerprint density at radius 2 is 1.53 bits per heavy atom. The van der Waals surface area contributed by atoms with E-state index in [-0.39, 0.29) is 0 Å². The molecular weight excluding hydrogens is 268 g/mol. The summed E-state index contributed by atoms with van der Waals surface area (Å²) in [6, 6.07) is 4.61. The van der Waals surface area contributed by atoms with Crippen molar-refractivity contribution in [2.45, 2.75) is 44.4 Å². The number of rotatable bonds is 3. The van der Waals surface area contributed by atoms with Crippen LogP contribution in [0.4, 0.5) is 0 Å². The van der Waals surface area contributed by atoms with Gasteiger partial charge in [0.05, 0.1) is 0 Å². The molecule has 0 nitrogen and oxygen atoms in total. The molecule has 0 fully saturated rings. The van der Waals surface area contributed by atoms with Crippen molar-refractivity contribution >= 4 is 27.7 Å². The molecule has 0 saturated carbocycles. The van der Waals surface area contributed by atoms with Crippen LogP contribution in [0.3, 0.4) is 0 Å². The largest absolute Gasteiger partial charge is 0.129 e. The fourth-order valence-electron chi connectivity index (χ4n) is 1.65. The van der Waals surface area contributed by atoms with Crippen molar-refractivity contribution in [1.82, 2.24) is 0 Å². The number of hydrogen-bond acceptors (Lipinski definition) is 1. The van der Waals surface area contributed by atoms with E-state index < -0.39 is 0 Å². The smallest absolute Gasteiger partial charge is 0.0213 e. The zero-order valence-corrected chi connectivity index (χ0v) is 12.5. The molecule has 1 aromatic carbocycles. The van der Waals surface area contributed by atoms with E-state index in [9.17, 15) is 0 Å². The van der Waals surface area contributed by atoms with Crippen LogP contribution in [0.5, 0.6) is 0 Å². The predicted octanol–water partition coefficient (Wildman–Crippen LogP) is 5.42. The van der Waals surface area contributed by atoms with Gasteiger partial charge in [-0.05, 0) is 41.4 Å². The molecule has 0 saturated heterocycles. The first-order valence-electron chi connectivity index (χ1n) is 5.34. The summed E-state index contributed by atoms with van der Waals surface area (Å²) >= 11 is 5.51. The Morgan fingerprint density at radius 1 is 1.00 bits per heavy atom. The van der Waals surface area contributed by atoms with E-state index in [0.29, 0.717) is 11.8 Å². The zero-order chi connectivity index (χ0) is 11.6. The Kier molecular flexibility index (Phi) is 4.72. The molecule has 1 aromatic rings. The first-order valence-corrected chi connectivity index (χ1v) is 7.36. The van der Waals surface area contributed by atoms with Crippen LogP contribution in [0.1, 0.15) is 50.7 Å². The highest BCUT2D eigenvalue weighted by atomic mass is 79.9. The maximum atomic E-state index is 3.67. The van der Waals surface area contributed by atoms with Crippen LogP contribution in [-0.2, 0) is 0 Å². The van der Waals surface area contributed by atoms with Crippen LogP contribution in [0.15, 0.2) is 21.5 Å². The molecule has 0 aromatic heterocycles. The average molecular weight is 287 g/mol. The van der Waals surface area contributed by atoms with Gasteiger partial charge in [-0.15, -0.1) is 11.8 Å². The van der Waals surface area contributed by atoms with Crippen molar-refractivity contribution in [2.75, 3.05) is 6.26 Å². The van der Waals surface area contributed by atoms with E-state index in [0.717, 1.165) is 0 Å². The summed E-state index contributed by atoms with van der Waals surface area (Å²) in [6.45, 7) is 8.96. The van der Waals surface area contributed by atoms with Crippen LogP contribution in [0.25, 0.3) is 0 Å². The lowest BCUT2D eigenvalue weighted by Gasteiger charge is -2.16. The van der Waals surface area contributed by atoms with Gasteiger partial charge in [-0.1, -0.05) is 43.6 Å². The van der Waals surface area contributed by atoms with Crippen molar-refractivity contribution in [1.29, 1.82) is 0 Å². The molecule has 0 spiro atoms. The maximum Gasteiger partial charge on any atom is 0.0213 e. The number of hydrogen-bond donors (Lipinski definition) is 0. The maximum absolute atomic E-state index is 3.67. The second kappa shape index (κ2) is 5.40. The molecule has 0 atom stereocenters. The number of benzene rings is 1. The van der Waals surface area contributed by atoms with Crippen LogP contribution in [0.2, 0.25) is 0 Å². The van der Waals surface area contributed by atoms with Crippen molar-refractivity contribution in [3.05, 3.63) is 27.7 Å². The molecule has 1 rings (SSSR count). The molecule has 15 heavy (non-hydrogen) atoms. The topological polar surface area (TPSA) is 0 Å². The molecule has 0 bridgehead atoms. The third kappa shape index (κ3) is 3.01. The van der Waals surface area contributed by atoms with Gasteiger partial charge in [-0.3, -0.25) is 0 Å². The average Bonchev–Trinajstić information content (AvgIpc) is 2.16. The Morgan fingerprint density at radius 3 is 1.93 bits per heavy atom. The van der Waals surface area contributed by atoms with Crippen LogP contribution >= 0.6 is 27.7 Å². The molecule has 0 amide bonds. The highest BCUT2D eigenvalue weighted by molar-refractivity contribution is 9.10. The van der Waals surface area contributed by atoms with Crippen LogP contribution < -0.4 is 0 Å². The Bertz CT molecular complexity index is 343. The van der Waals surface area contributed by atoms with E-state index in [1.54, 1.807) is 0 Å². The highest BCUT2D eigenvalue weighted by Gasteiger charge is 2.12. The monoisotopic (exact) mass is 286 g/mol. The molecule has 0 radical (unpaired) electrons. The van der Waals surface area contributed by atoms with Crippen molar-refractivity contribution < 1.29 is 0 Å². The minimum atomic E-state index is 0.575. The third-order valence-corrected chi connectivity index (χ3v) is 4.07. The van der Waals surface area contributed by atoms with E-state index in [4.69, 9.17) is 0 Å². The molecule has 84 valence electrons. The summed E-state index contributed by atoms with van der Waals surface area (Å²) < 4.78 is 1.25. The molecule has 0 aliphatic rings. The van der Waals surface area contributed by atoms with E-state index >= 15 is 0 Å². The van der Waals surface area contributed by atoms with Crippen molar-refractivity contribution in [2.24, 2.45) is 0 Å². The molecule has 0 aliphatic carbocycles. The summed E-state index contributed by atoms with van der Waals surface area (Å²) in [4.78, 5) is 1.41. The van der Waals surface area contributed by atoms with Gasteiger partial charge < -0.3 is 0 Å². The van der Waals surface area contributed by atoms with Gasteiger partial charge in [0.1, 0.15) is 0 Å². The first kappa shape index (κ1) is 13.1. The van der Waals surface area contributed by atoms with Crippen LogP contribution in [0, 0.1) is 0 Å². The van der Waals surface area contributed by atoms with Gasteiger partial charge in [-0.25, -0.2) is 0 Å². The van der Waals surface area contributed by atoms with Gasteiger partial charge in [0.25, 0.3) is 0 Å². The Hall–Kier alpha value is 0.0500. The fraction of sp³-hybridized carbons (Fsp3) is 0.538. The van der Waals surface area contributed by atoms with Gasteiger partial charge >= 0.3 is 0 Å². The van der Waals surface area contributed by atoms with Gasteiger partial charge in [-0.2, -0.15) is 0 Å². The quantitative estimate of drug-likeness (QED) is 0.669.